The van der Waals surface area contributed by atoms with Gasteiger partial charge in [-0.1, -0.05) is 12.1 Å². The molecule has 28 heavy (non-hydrogen) atoms. The molecule has 0 spiro atoms. The largest absolute Gasteiger partial charge is 0.497 e. The van der Waals surface area contributed by atoms with E-state index in [-0.39, 0.29) is 4.90 Å². The Hall–Kier alpha value is -2.77. The molecule has 1 atom stereocenters. The van der Waals surface area contributed by atoms with Crippen molar-refractivity contribution in [2.75, 3.05) is 20.8 Å². The topological polar surface area (TPSA) is 60.8 Å². The standard InChI is InChI=1S/C21H22N2O4S/c1-26-17-7-5-16(6-8-17)21-20-4-3-13-22(20)14-15-23(21)28(24,25)19-11-9-18(27-2)10-12-19/h3-13,21H,14-15H2,1-2H3/t21-/m0/s1. The van der Waals surface area contributed by atoms with E-state index in [1.165, 1.54) is 0 Å². The van der Waals surface area contributed by atoms with Gasteiger partial charge in [-0.05, 0) is 54.1 Å². The third kappa shape index (κ3) is 3.16. The molecular weight excluding hydrogens is 376 g/mol. The van der Waals surface area contributed by atoms with Gasteiger partial charge in [0, 0.05) is 25.0 Å². The Morgan fingerprint density at radius 3 is 2.07 bits per heavy atom. The number of rotatable bonds is 5. The van der Waals surface area contributed by atoms with E-state index in [1.807, 2.05) is 42.6 Å². The summed E-state index contributed by atoms with van der Waals surface area (Å²) in [4.78, 5) is 0.256. The fraction of sp³-hybridized carbons (Fsp3) is 0.238. The van der Waals surface area contributed by atoms with E-state index in [0.717, 1.165) is 17.0 Å². The number of ether oxygens (including phenoxy) is 2. The second-order valence-corrected chi connectivity index (χ2v) is 8.48. The maximum atomic E-state index is 13.5. The third-order valence-electron chi connectivity index (χ3n) is 5.09. The molecular formula is C21H22N2O4S. The molecule has 146 valence electrons. The first-order valence-electron chi connectivity index (χ1n) is 8.99. The summed E-state index contributed by atoms with van der Waals surface area (Å²) in [6.07, 6.45) is 1.99. The highest BCUT2D eigenvalue weighted by molar-refractivity contribution is 7.89. The molecule has 1 aliphatic rings. The Kier molecular flexibility index (Phi) is 4.87. The molecule has 0 bridgehead atoms. The lowest BCUT2D eigenvalue weighted by molar-refractivity contribution is 0.298. The zero-order valence-electron chi connectivity index (χ0n) is 15.8. The Morgan fingerprint density at radius 1 is 0.857 bits per heavy atom. The lowest BCUT2D eigenvalue weighted by atomic mass is 10.0. The molecule has 0 aliphatic carbocycles. The summed E-state index contributed by atoms with van der Waals surface area (Å²) in [6, 6.07) is 17.6. The maximum absolute atomic E-state index is 13.5. The van der Waals surface area contributed by atoms with Crippen molar-refractivity contribution in [3.63, 3.8) is 0 Å². The van der Waals surface area contributed by atoms with Gasteiger partial charge in [-0.2, -0.15) is 4.31 Å². The number of benzene rings is 2. The van der Waals surface area contributed by atoms with Crippen molar-refractivity contribution < 1.29 is 17.9 Å². The molecule has 1 aromatic heterocycles. The highest BCUT2D eigenvalue weighted by atomic mass is 32.2. The van der Waals surface area contributed by atoms with Gasteiger partial charge in [0.1, 0.15) is 11.5 Å². The normalized spacial score (nSPS) is 17.1. The zero-order valence-corrected chi connectivity index (χ0v) is 16.6. The Bertz CT molecular complexity index is 1060. The van der Waals surface area contributed by atoms with Crippen LogP contribution >= 0.6 is 0 Å². The number of aromatic nitrogens is 1. The molecule has 0 amide bonds. The quantitative estimate of drug-likeness (QED) is 0.662. The second kappa shape index (κ2) is 7.33. The van der Waals surface area contributed by atoms with E-state index in [1.54, 1.807) is 42.8 Å². The summed E-state index contributed by atoms with van der Waals surface area (Å²) < 4.78 is 41.0. The van der Waals surface area contributed by atoms with Crippen molar-refractivity contribution in [1.82, 2.24) is 8.87 Å². The summed E-state index contributed by atoms with van der Waals surface area (Å²) in [5.41, 5.74) is 1.85. The van der Waals surface area contributed by atoms with Gasteiger partial charge in [-0.15, -0.1) is 0 Å². The Morgan fingerprint density at radius 2 is 1.46 bits per heavy atom. The van der Waals surface area contributed by atoms with Crippen LogP contribution in [0.4, 0.5) is 0 Å². The smallest absolute Gasteiger partial charge is 0.244 e. The summed E-state index contributed by atoms with van der Waals surface area (Å²) >= 11 is 0. The molecule has 6 nitrogen and oxygen atoms in total. The SMILES string of the molecule is COc1ccc([C@H]2c3cccn3CCN2S(=O)(=O)c2ccc(OC)cc2)cc1. The van der Waals surface area contributed by atoms with Crippen molar-refractivity contribution >= 4 is 10.0 Å². The van der Waals surface area contributed by atoms with Crippen molar-refractivity contribution in [1.29, 1.82) is 0 Å². The highest BCUT2D eigenvalue weighted by Crippen LogP contribution is 2.37. The molecule has 0 saturated heterocycles. The Labute approximate surface area is 165 Å². The summed E-state index contributed by atoms with van der Waals surface area (Å²) in [7, 11) is -0.518. The van der Waals surface area contributed by atoms with Crippen LogP contribution in [-0.2, 0) is 16.6 Å². The van der Waals surface area contributed by atoms with Gasteiger partial charge >= 0.3 is 0 Å². The molecule has 2 heterocycles. The van der Waals surface area contributed by atoms with Crippen LogP contribution in [0.2, 0.25) is 0 Å². The minimum absolute atomic E-state index is 0.256. The molecule has 0 fully saturated rings. The van der Waals surface area contributed by atoms with Gasteiger partial charge in [0.25, 0.3) is 0 Å². The molecule has 4 rings (SSSR count). The van der Waals surface area contributed by atoms with Gasteiger partial charge < -0.3 is 14.0 Å². The van der Waals surface area contributed by atoms with Crippen LogP contribution in [0, 0.1) is 0 Å². The first kappa shape index (κ1) is 18.6. The van der Waals surface area contributed by atoms with E-state index in [4.69, 9.17) is 9.47 Å². The second-order valence-electron chi connectivity index (χ2n) is 6.59. The van der Waals surface area contributed by atoms with Crippen molar-refractivity contribution in [2.45, 2.75) is 17.5 Å². The van der Waals surface area contributed by atoms with E-state index in [2.05, 4.69) is 4.57 Å². The fourth-order valence-electron chi connectivity index (χ4n) is 3.63. The number of hydrogen-bond donors (Lipinski definition) is 0. The molecule has 7 heteroatoms. The third-order valence-corrected chi connectivity index (χ3v) is 6.97. The molecule has 1 aliphatic heterocycles. The number of hydrogen-bond acceptors (Lipinski definition) is 4. The molecule has 3 aromatic rings. The summed E-state index contributed by atoms with van der Waals surface area (Å²) in [6.45, 7) is 1.01. The fourth-order valence-corrected chi connectivity index (χ4v) is 5.21. The average Bonchev–Trinajstić information content (AvgIpc) is 3.22. The first-order valence-corrected chi connectivity index (χ1v) is 10.4. The Balaban J connectivity index is 1.79. The monoisotopic (exact) mass is 398 g/mol. The molecule has 0 saturated carbocycles. The van der Waals surface area contributed by atoms with Crippen molar-refractivity contribution in [3.05, 3.63) is 78.1 Å². The van der Waals surface area contributed by atoms with E-state index < -0.39 is 16.1 Å². The highest BCUT2D eigenvalue weighted by Gasteiger charge is 2.37. The van der Waals surface area contributed by atoms with Gasteiger partial charge in [-0.25, -0.2) is 8.42 Å². The van der Waals surface area contributed by atoms with Crippen LogP contribution in [-0.4, -0.2) is 38.1 Å². The van der Waals surface area contributed by atoms with Gasteiger partial charge in [-0.3, -0.25) is 0 Å². The minimum atomic E-state index is -3.69. The van der Waals surface area contributed by atoms with Crippen LogP contribution in [0.5, 0.6) is 11.5 Å². The molecule has 0 unspecified atom stereocenters. The zero-order chi connectivity index (χ0) is 19.7. The minimum Gasteiger partial charge on any atom is -0.497 e. The maximum Gasteiger partial charge on any atom is 0.244 e. The van der Waals surface area contributed by atoms with Gasteiger partial charge in [0.05, 0.1) is 25.2 Å². The number of sulfonamides is 1. The lowest BCUT2D eigenvalue weighted by Gasteiger charge is -2.36. The van der Waals surface area contributed by atoms with E-state index in [9.17, 15) is 8.42 Å². The van der Waals surface area contributed by atoms with Crippen LogP contribution in [0.1, 0.15) is 17.3 Å². The summed E-state index contributed by atoms with van der Waals surface area (Å²) in [5, 5.41) is 0. The molecule has 0 N–H and O–H groups in total. The molecule has 2 aromatic carbocycles. The van der Waals surface area contributed by atoms with Gasteiger partial charge in [0.2, 0.25) is 10.0 Å². The number of nitrogens with zero attached hydrogens (tertiary/aromatic N) is 2. The molecule has 0 radical (unpaired) electrons. The number of fused-ring (bicyclic) bond motifs is 1. The summed E-state index contributed by atoms with van der Waals surface area (Å²) in [5.74, 6) is 1.36. The van der Waals surface area contributed by atoms with E-state index >= 15 is 0 Å². The van der Waals surface area contributed by atoms with Gasteiger partial charge in [0.15, 0.2) is 0 Å². The van der Waals surface area contributed by atoms with Crippen LogP contribution < -0.4 is 9.47 Å². The van der Waals surface area contributed by atoms with Crippen LogP contribution in [0.15, 0.2) is 71.8 Å². The van der Waals surface area contributed by atoms with Crippen LogP contribution in [0.25, 0.3) is 0 Å². The first-order chi connectivity index (χ1) is 13.5. The lowest BCUT2D eigenvalue weighted by Crippen LogP contribution is -2.42. The predicted octanol–water partition coefficient (Wildman–Crippen LogP) is 3.30. The van der Waals surface area contributed by atoms with Crippen molar-refractivity contribution in [2.24, 2.45) is 0 Å². The average molecular weight is 398 g/mol. The predicted molar refractivity (Wildman–Crippen MR) is 106 cm³/mol. The van der Waals surface area contributed by atoms with Crippen LogP contribution in [0.3, 0.4) is 0 Å². The van der Waals surface area contributed by atoms with E-state index in [0.29, 0.717) is 18.8 Å². The number of methoxy groups -OCH3 is 2. The van der Waals surface area contributed by atoms with Crippen molar-refractivity contribution in [3.8, 4) is 11.5 Å².